The van der Waals surface area contributed by atoms with Gasteiger partial charge in [0.25, 0.3) is 11.9 Å². The summed E-state index contributed by atoms with van der Waals surface area (Å²) in [5, 5.41) is 38.3. The number of nitrogens with one attached hydrogen (secondary N) is 1. The fraction of sp³-hybridized carbons (Fsp3) is 0.379. The van der Waals surface area contributed by atoms with Crippen molar-refractivity contribution >= 4 is 66.2 Å². The summed E-state index contributed by atoms with van der Waals surface area (Å²) in [6, 6.07) is 6.02. The molecule has 2 aromatic rings. The van der Waals surface area contributed by atoms with Crippen molar-refractivity contribution < 1.29 is 71.6 Å². The number of amides is 2. The lowest BCUT2D eigenvalue weighted by molar-refractivity contribution is -0.170. The number of aryl methyl sites for hydroxylation is 1. The molecular formula is C29H30BCl2F3N2O12. The van der Waals surface area contributed by atoms with E-state index in [2.05, 4.69) is 10.1 Å². The lowest BCUT2D eigenvalue weighted by Gasteiger charge is -2.28. The van der Waals surface area contributed by atoms with Gasteiger partial charge in [0, 0.05) is 11.4 Å². The van der Waals surface area contributed by atoms with Crippen molar-refractivity contribution in [3.63, 3.8) is 0 Å². The summed E-state index contributed by atoms with van der Waals surface area (Å²) in [5.41, 5.74) is -1.63. The summed E-state index contributed by atoms with van der Waals surface area (Å²) < 4.78 is 47.9. The highest BCUT2D eigenvalue weighted by atomic mass is 35.5. The van der Waals surface area contributed by atoms with Crippen LogP contribution in [-0.2, 0) is 45.9 Å². The number of hydrogen-bond donors (Lipinski definition) is 5. The Morgan fingerprint density at radius 1 is 0.959 bits per heavy atom. The molecule has 2 atom stereocenters. The van der Waals surface area contributed by atoms with Gasteiger partial charge in [0.05, 0.1) is 29.0 Å². The molecule has 0 spiro atoms. The number of aliphatic hydroxyl groups is 1. The molecule has 0 fully saturated rings. The molecule has 0 aromatic heterocycles. The minimum atomic E-state index is -4.59. The molecule has 0 radical (unpaired) electrons. The summed E-state index contributed by atoms with van der Waals surface area (Å²) in [5.74, 6) is -9.40. The first-order valence-corrected chi connectivity index (χ1v) is 14.9. The smallest absolute Gasteiger partial charge is 0.481 e. The van der Waals surface area contributed by atoms with Crippen molar-refractivity contribution in [2.75, 3.05) is 0 Å². The highest BCUT2D eigenvalue weighted by molar-refractivity contribution is 6.40. The number of carbonyl (C=O) groups is 6. The Labute approximate surface area is 286 Å². The monoisotopic (exact) mass is 736 g/mol. The van der Waals surface area contributed by atoms with Crippen molar-refractivity contribution in [1.82, 2.24) is 10.4 Å². The average Bonchev–Trinajstić information content (AvgIpc) is 2.97. The summed E-state index contributed by atoms with van der Waals surface area (Å²) in [6.07, 6.45) is -8.28. The van der Waals surface area contributed by atoms with Crippen LogP contribution in [0.1, 0.15) is 61.0 Å². The van der Waals surface area contributed by atoms with Crippen LogP contribution in [0.3, 0.4) is 0 Å². The Morgan fingerprint density at radius 2 is 1.57 bits per heavy atom. The maximum Gasteiger partial charge on any atom is 0.789 e. The third-order valence-corrected chi connectivity index (χ3v) is 7.09. The molecular weight excluding hydrogens is 707 g/mol. The Bertz CT molecular complexity index is 1560. The van der Waals surface area contributed by atoms with E-state index in [1.54, 1.807) is 13.8 Å². The number of nitrogens with zero attached hydrogens (tertiary/aromatic N) is 1. The van der Waals surface area contributed by atoms with Gasteiger partial charge in [0.2, 0.25) is 5.91 Å². The quantitative estimate of drug-likeness (QED) is 0.124. The number of hydrazine groups is 1. The molecule has 2 rings (SSSR count). The molecule has 14 nitrogen and oxygen atoms in total. The van der Waals surface area contributed by atoms with Crippen molar-refractivity contribution in [3.05, 3.63) is 69.2 Å². The second-order valence-electron chi connectivity index (χ2n) is 11.0. The molecule has 0 saturated heterocycles. The number of rotatable bonds is 16. The average molecular weight is 737 g/mol. The third-order valence-electron chi connectivity index (χ3n) is 6.52. The predicted molar refractivity (Wildman–Crippen MR) is 163 cm³/mol. The van der Waals surface area contributed by atoms with Crippen LogP contribution in [0.5, 0.6) is 0 Å². The van der Waals surface area contributed by atoms with Gasteiger partial charge in [-0.1, -0.05) is 49.2 Å². The molecule has 266 valence electrons. The van der Waals surface area contributed by atoms with E-state index in [-0.39, 0.29) is 34.4 Å². The molecule has 0 saturated carbocycles. The van der Waals surface area contributed by atoms with E-state index in [1.807, 2.05) is 0 Å². The van der Waals surface area contributed by atoms with Crippen molar-refractivity contribution in [3.8, 4) is 0 Å². The zero-order valence-corrected chi connectivity index (χ0v) is 27.2. The molecule has 2 aromatic carbocycles. The maximum atomic E-state index is 13.6. The number of benzene rings is 2. The zero-order valence-electron chi connectivity index (χ0n) is 25.7. The standard InChI is InChI=1S/C29H30BCl2F3N2O12/c1-15(2)11-21(26(43)49-30(47)48-24(41)14-28(46,27(44)45)13-23(39)40)36-37(25(42)19-12-18(31)8-9-20(19)32)22(38)10-5-16-3-6-17(7-4-16)29(33,34)35/h3-4,6-9,12,15,21,36,46-47H,5,10-11,13-14H2,1-2H3,(H,39,40)(H,44,45)/t21-,28?/m0/s1. The predicted octanol–water partition coefficient (Wildman–Crippen LogP) is 3.28. The van der Waals surface area contributed by atoms with E-state index >= 15 is 0 Å². The van der Waals surface area contributed by atoms with E-state index in [1.165, 1.54) is 12.1 Å². The van der Waals surface area contributed by atoms with Gasteiger partial charge in [0.15, 0.2) is 5.60 Å². The van der Waals surface area contributed by atoms with Gasteiger partial charge in [-0.05, 0) is 54.7 Å². The van der Waals surface area contributed by atoms with Gasteiger partial charge >= 0.3 is 31.4 Å². The lowest BCUT2D eigenvalue weighted by Crippen LogP contribution is -2.55. The Kier molecular flexibility index (Phi) is 14.6. The van der Waals surface area contributed by atoms with Crippen molar-refractivity contribution in [2.24, 2.45) is 5.92 Å². The summed E-state index contributed by atoms with van der Waals surface area (Å²) in [6.45, 7) is 3.25. The van der Waals surface area contributed by atoms with Gasteiger partial charge < -0.3 is 29.7 Å². The molecule has 0 aliphatic carbocycles. The molecule has 49 heavy (non-hydrogen) atoms. The van der Waals surface area contributed by atoms with Gasteiger partial charge in [0.1, 0.15) is 6.04 Å². The van der Waals surface area contributed by atoms with E-state index in [0.717, 1.165) is 30.3 Å². The first kappa shape index (κ1) is 40.9. The highest BCUT2D eigenvalue weighted by Crippen LogP contribution is 2.29. The summed E-state index contributed by atoms with van der Waals surface area (Å²) in [7, 11) is -2.72. The number of carboxylic acid groups (broad SMARTS) is 2. The van der Waals surface area contributed by atoms with Crippen molar-refractivity contribution in [1.29, 1.82) is 0 Å². The van der Waals surface area contributed by atoms with Crippen LogP contribution in [0.25, 0.3) is 0 Å². The fourth-order valence-corrected chi connectivity index (χ4v) is 4.51. The second-order valence-corrected chi connectivity index (χ2v) is 11.8. The molecule has 0 bridgehead atoms. The van der Waals surface area contributed by atoms with E-state index in [9.17, 15) is 52.1 Å². The van der Waals surface area contributed by atoms with Crippen molar-refractivity contribution in [2.45, 2.75) is 63.8 Å². The third kappa shape index (κ3) is 12.6. The van der Waals surface area contributed by atoms with Crippen LogP contribution in [-0.4, -0.2) is 80.0 Å². The van der Waals surface area contributed by atoms with Crippen LogP contribution >= 0.6 is 23.2 Å². The van der Waals surface area contributed by atoms with Crippen LogP contribution in [0.4, 0.5) is 13.2 Å². The van der Waals surface area contributed by atoms with Crippen LogP contribution < -0.4 is 5.43 Å². The molecule has 0 aliphatic heterocycles. The van der Waals surface area contributed by atoms with Crippen LogP contribution in [0, 0.1) is 5.92 Å². The number of aliphatic carboxylic acids is 2. The molecule has 5 N–H and O–H groups in total. The first-order valence-electron chi connectivity index (χ1n) is 14.1. The van der Waals surface area contributed by atoms with Gasteiger partial charge in [-0.3, -0.25) is 24.0 Å². The minimum absolute atomic E-state index is 0.0473. The summed E-state index contributed by atoms with van der Waals surface area (Å²) in [4.78, 5) is 74.4. The Morgan fingerprint density at radius 3 is 2.10 bits per heavy atom. The van der Waals surface area contributed by atoms with Crippen LogP contribution in [0.15, 0.2) is 42.5 Å². The van der Waals surface area contributed by atoms with Gasteiger partial charge in [-0.25, -0.2) is 15.2 Å². The van der Waals surface area contributed by atoms with Gasteiger partial charge in [-0.2, -0.15) is 13.2 Å². The largest absolute Gasteiger partial charge is 0.789 e. The zero-order chi connectivity index (χ0) is 37.3. The number of imide groups is 1. The van der Waals surface area contributed by atoms with E-state index in [4.69, 9.17) is 38.1 Å². The first-order chi connectivity index (χ1) is 22.6. The topological polar surface area (TPSA) is 217 Å². The number of carbonyl (C=O) groups excluding carboxylic acids is 4. The van der Waals surface area contributed by atoms with Crippen LogP contribution in [0.2, 0.25) is 10.0 Å². The maximum absolute atomic E-state index is 13.6. The van der Waals surface area contributed by atoms with E-state index < -0.39 is 85.7 Å². The second kappa shape index (κ2) is 17.4. The lowest BCUT2D eigenvalue weighted by atomic mass is 9.95. The Balaban J connectivity index is 2.31. The number of halogens is 5. The minimum Gasteiger partial charge on any atom is -0.481 e. The molecule has 0 aliphatic rings. The molecule has 0 heterocycles. The summed E-state index contributed by atoms with van der Waals surface area (Å²) >= 11 is 12.2. The molecule has 1 unspecified atom stereocenters. The normalized spacial score (nSPS) is 13.2. The molecule has 2 amide bonds. The number of alkyl halides is 3. The highest BCUT2D eigenvalue weighted by Gasteiger charge is 2.43. The molecule has 20 heteroatoms. The Hall–Kier alpha value is -4.23. The van der Waals surface area contributed by atoms with Gasteiger partial charge in [-0.15, -0.1) is 0 Å². The fourth-order valence-electron chi connectivity index (χ4n) is 4.14. The SMILES string of the molecule is CC(C)C[C@H](NN(C(=O)CCc1ccc(C(F)(F)F)cc1)C(=O)c1cc(Cl)ccc1Cl)C(=O)OB(O)OC(=O)CC(O)(CC(=O)O)C(=O)O. The number of carboxylic acids is 2. The van der Waals surface area contributed by atoms with E-state index in [0.29, 0.717) is 10.6 Å². The number of hydrogen-bond acceptors (Lipinski definition) is 11.